The smallest absolute Gasteiger partial charge is 0.270 e. The number of ether oxygens (including phenoxy) is 2. The Morgan fingerprint density at radius 1 is 0.942 bits per heavy atom. The zero-order valence-corrected chi connectivity index (χ0v) is 29.9. The first-order chi connectivity index (χ1) is 25.2. The summed E-state index contributed by atoms with van der Waals surface area (Å²) in [4.78, 5) is 57.7. The second-order valence-corrected chi connectivity index (χ2v) is 15.3. The molecule has 1 atom stereocenters. The van der Waals surface area contributed by atoms with Crippen molar-refractivity contribution in [2.75, 3.05) is 49.1 Å². The Hall–Kier alpha value is -4.50. The van der Waals surface area contributed by atoms with Crippen molar-refractivity contribution >= 4 is 52.2 Å². The third-order valence-corrected chi connectivity index (χ3v) is 11.8. The van der Waals surface area contributed by atoms with Crippen molar-refractivity contribution in [1.82, 2.24) is 15.1 Å². The van der Waals surface area contributed by atoms with Gasteiger partial charge in [-0.1, -0.05) is 17.8 Å². The molecule has 4 aliphatic heterocycles. The molecular formula is C38H42N6O7S. The highest BCUT2D eigenvalue weighted by atomic mass is 32.2. The number of hydrogen-bond donors (Lipinski definition) is 1. The van der Waals surface area contributed by atoms with E-state index in [9.17, 15) is 24.5 Å². The Balaban J connectivity index is 0.747. The molecule has 52 heavy (non-hydrogen) atoms. The lowest BCUT2D eigenvalue weighted by atomic mass is 9.92. The van der Waals surface area contributed by atoms with Crippen molar-refractivity contribution in [2.45, 2.75) is 80.2 Å². The molecule has 8 rings (SSSR count). The van der Waals surface area contributed by atoms with Gasteiger partial charge in [0.1, 0.15) is 11.9 Å². The predicted octanol–water partition coefficient (Wildman–Crippen LogP) is 5.00. The Kier molecular flexibility index (Phi) is 9.64. The van der Waals surface area contributed by atoms with Crippen LogP contribution in [0.5, 0.6) is 5.75 Å². The zero-order chi connectivity index (χ0) is 35.9. The monoisotopic (exact) mass is 726 g/mol. The van der Waals surface area contributed by atoms with E-state index in [2.05, 4.69) is 38.2 Å². The van der Waals surface area contributed by atoms with Gasteiger partial charge in [0, 0.05) is 106 Å². The van der Waals surface area contributed by atoms with Crippen LogP contribution in [-0.4, -0.2) is 90.0 Å². The summed E-state index contributed by atoms with van der Waals surface area (Å²) in [7, 11) is 0. The van der Waals surface area contributed by atoms with Gasteiger partial charge < -0.3 is 14.4 Å². The number of hydrogen-bond acceptors (Lipinski definition) is 11. The number of non-ortho nitro benzene ring substituents is 1. The van der Waals surface area contributed by atoms with Crippen molar-refractivity contribution in [3.63, 3.8) is 0 Å². The zero-order valence-electron chi connectivity index (χ0n) is 29.1. The number of nitro benzene ring substituents is 1. The maximum atomic E-state index is 12.6. The number of carbonyl (C=O) groups excluding carboxylic acids is 3. The maximum Gasteiger partial charge on any atom is 0.270 e. The molecule has 1 unspecified atom stereocenters. The summed E-state index contributed by atoms with van der Waals surface area (Å²) in [5.41, 5.74) is 5.14. The third kappa shape index (κ3) is 7.12. The van der Waals surface area contributed by atoms with E-state index in [4.69, 9.17) is 9.47 Å². The molecule has 0 spiro atoms. The summed E-state index contributed by atoms with van der Waals surface area (Å²) in [6.45, 7) is 8.64. The molecular weight excluding hydrogens is 685 g/mol. The largest absolute Gasteiger partial charge is 0.490 e. The molecule has 2 saturated heterocycles. The average Bonchev–Trinajstić information content (AvgIpc) is 3.54. The number of carbonyl (C=O) groups is 3. The normalized spacial score (nSPS) is 23.0. The van der Waals surface area contributed by atoms with Crippen molar-refractivity contribution in [2.24, 2.45) is 0 Å². The molecule has 3 aromatic carbocycles. The van der Waals surface area contributed by atoms with Crippen molar-refractivity contribution in [3.8, 4) is 5.75 Å². The van der Waals surface area contributed by atoms with Crippen LogP contribution in [0.1, 0.15) is 50.2 Å². The van der Waals surface area contributed by atoms with Gasteiger partial charge in [0.05, 0.1) is 28.4 Å². The molecule has 14 heteroatoms. The summed E-state index contributed by atoms with van der Waals surface area (Å²) in [5.74, 6) is 0.199. The summed E-state index contributed by atoms with van der Waals surface area (Å²) in [6, 6.07) is 16.7. The fourth-order valence-corrected chi connectivity index (χ4v) is 8.99. The number of benzene rings is 3. The van der Waals surface area contributed by atoms with E-state index >= 15 is 0 Å². The van der Waals surface area contributed by atoms with Crippen LogP contribution in [0.4, 0.5) is 22.7 Å². The Morgan fingerprint density at radius 3 is 2.44 bits per heavy atom. The highest BCUT2D eigenvalue weighted by Crippen LogP contribution is 2.50. The molecule has 5 aliphatic rings. The van der Waals surface area contributed by atoms with Gasteiger partial charge in [-0.2, -0.15) is 0 Å². The van der Waals surface area contributed by atoms with Crippen molar-refractivity contribution in [3.05, 3.63) is 75.8 Å². The molecule has 1 N–H and O–H groups in total. The molecule has 13 nitrogen and oxygen atoms in total. The van der Waals surface area contributed by atoms with Crippen LogP contribution >= 0.6 is 11.8 Å². The molecule has 0 radical (unpaired) electrons. The molecule has 1 saturated carbocycles. The van der Waals surface area contributed by atoms with Gasteiger partial charge in [-0.3, -0.25) is 44.5 Å². The fourth-order valence-electron chi connectivity index (χ4n) is 7.87. The van der Waals surface area contributed by atoms with Gasteiger partial charge in [0.15, 0.2) is 0 Å². The Morgan fingerprint density at radius 2 is 1.69 bits per heavy atom. The summed E-state index contributed by atoms with van der Waals surface area (Å²) in [5, 5.41) is 13.8. The standard InChI is InChI=1S/C38H42N6O7S/c1-24(45)43-32-7-5-28(44(48)49)18-35(32)52-36-21-29(6-8-33(36)43)51-31-19-30(20-31)50-16-2-11-40-12-14-41(15-13-40)27-4-3-25-22-42(23-26(25)17-27)34-9-10-37(46)39-38(34)47/h3-8,17-18,21,30-31,34H,2,9-16,19-20,22-23H2,1H3,(H,39,46,47). The number of rotatable bonds is 10. The van der Waals surface area contributed by atoms with Crippen LogP contribution in [0.3, 0.4) is 0 Å². The van der Waals surface area contributed by atoms with E-state index in [-0.39, 0.29) is 41.7 Å². The molecule has 1 aliphatic carbocycles. The number of piperidine rings is 1. The van der Waals surface area contributed by atoms with Crippen LogP contribution in [-0.2, 0) is 32.2 Å². The van der Waals surface area contributed by atoms with Crippen molar-refractivity contribution in [1.29, 1.82) is 0 Å². The van der Waals surface area contributed by atoms with Gasteiger partial charge in [0.25, 0.3) is 5.69 Å². The van der Waals surface area contributed by atoms with Gasteiger partial charge in [-0.25, -0.2) is 0 Å². The van der Waals surface area contributed by atoms with Crippen molar-refractivity contribution < 1.29 is 28.8 Å². The maximum absolute atomic E-state index is 12.6. The molecule has 3 aromatic rings. The van der Waals surface area contributed by atoms with E-state index in [1.807, 2.05) is 18.2 Å². The van der Waals surface area contributed by atoms with Crippen LogP contribution in [0.25, 0.3) is 0 Å². The number of amides is 3. The topological polar surface area (TPSA) is 138 Å². The SMILES string of the molecule is CC(=O)N1c2ccc(OC3CC(OCCCN4CCN(c5ccc6c(c5)CN(C5CCC(=O)NC5=O)C6)CC4)C3)cc2Sc2cc([N+](=O)[O-])ccc21. The molecule has 272 valence electrons. The molecule has 4 heterocycles. The highest BCUT2D eigenvalue weighted by Gasteiger charge is 2.36. The highest BCUT2D eigenvalue weighted by molar-refractivity contribution is 7.99. The number of nitrogens with zero attached hydrogens (tertiary/aromatic N) is 5. The summed E-state index contributed by atoms with van der Waals surface area (Å²) < 4.78 is 12.4. The van der Waals surface area contributed by atoms with Crippen LogP contribution in [0.15, 0.2) is 64.4 Å². The Labute approximate surface area is 306 Å². The second kappa shape index (κ2) is 14.5. The van der Waals surface area contributed by atoms with Crippen LogP contribution in [0, 0.1) is 10.1 Å². The van der Waals surface area contributed by atoms with Gasteiger partial charge in [-0.05, 0) is 60.4 Å². The van der Waals surface area contributed by atoms with E-state index in [1.165, 1.54) is 47.6 Å². The lowest BCUT2D eigenvalue weighted by Crippen LogP contribution is -2.50. The number of nitro groups is 1. The van der Waals surface area contributed by atoms with Gasteiger partial charge in [-0.15, -0.1) is 0 Å². The first kappa shape index (κ1) is 34.6. The molecule has 0 aromatic heterocycles. The third-order valence-electron chi connectivity index (χ3n) is 10.8. The molecule has 0 bridgehead atoms. The number of nitrogens with one attached hydrogen (secondary N) is 1. The predicted molar refractivity (Wildman–Crippen MR) is 195 cm³/mol. The number of fused-ring (bicyclic) bond motifs is 3. The van der Waals surface area contributed by atoms with E-state index in [1.54, 1.807) is 11.0 Å². The summed E-state index contributed by atoms with van der Waals surface area (Å²) in [6.07, 6.45) is 3.85. The van der Waals surface area contributed by atoms with E-state index < -0.39 is 4.92 Å². The minimum Gasteiger partial charge on any atom is -0.490 e. The summed E-state index contributed by atoms with van der Waals surface area (Å²) >= 11 is 1.41. The first-order valence-corrected chi connectivity index (χ1v) is 18.9. The lowest BCUT2D eigenvalue weighted by molar-refractivity contribution is -0.385. The molecule has 3 amide bonds. The first-order valence-electron chi connectivity index (χ1n) is 18.0. The van der Waals surface area contributed by atoms with Gasteiger partial charge >= 0.3 is 0 Å². The van der Waals surface area contributed by atoms with Crippen LogP contribution < -0.4 is 19.9 Å². The minimum absolute atomic E-state index is 0.0108. The minimum atomic E-state index is -0.427. The van der Waals surface area contributed by atoms with Gasteiger partial charge in [0.2, 0.25) is 17.7 Å². The second-order valence-electron chi connectivity index (χ2n) is 14.2. The number of imide groups is 1. The van der Waals surface area contributed by atoms with E-state index in [0.29, 0.717) is 35.8 Å². The average molecular weight is 727 g/mol. The number of anilines is 3. The lowest BCUT2D eigenvalue weighted by Gasteiger charge is -2.37. The Bertz CT molecular complexity index is 1910. The quantitative estimate of drug-likeness (QED) is 0.131. The molecule has 3 fully saturated rings. The van der Waals surface area contributed by atoms with E-state index in [0.717, 1.165) is 75.7 Å². The fraction of sp³-hybridized carbons (Fsp3) is 0.447. The van der Waals surface area contributed by atoms with Crippen LogP contribution in [0.2, 0.25) is 0 Å². The number of piperazine rings is 1.